The van der Waals surface area contributed by atoms with E-state index in [-0.39, 0.29) is 0 Å². The van der Waals surface area contributed by atoms with Gasteiger partial charge in [0.15, 0.2) is 5.82 Å². The van der Waals surface area contributed by atoms with Crippen LogP contribution in [0.4, 0.5) is 0 Å². The van der Waals surface area contributed by atoms with Crippen molar-refractivity contribution in [1.82, 2.24) is 10.1 Å². The van der Waals surface area contributed by atoms with Gasteiger partial charge in [0.2, 0.25) is 6.39 Å². The van der Waals surface area contributed by atoms with Crippen LogP contribution in [0.15, 0.2) is 35.2 Å². The van der Waals surface area contributed by atoms with Gasteiger partial charge in [-0.05, 0) is 17.7 Å². The van der Waals surface area contributed by atoms with Gasteiger partial charge in [0.1, 0.15) is 5.75 Å². The summed E-state index contributed by atoms with van der Waals surface area (Å²) < 4.78 is 9.76. The van der Waals surface area contributed by atoms with Crippen molar-refractivity contribution in [1.29, 1.82) is 0 Å². The lowest BCUT2D eigenvalue weighted by atomic mass is 10.1. The summed E-state index contributed by atoms with van der Waals surface area (Å²) in [5, 5.41) is 3.74. The van der Waals surface area contributed by atoms with E-state index in [0.717, 1.165) is 11.3 Å². The van der Waals surface area contributed by atoms with E-state index in [1.54, 1.807) is 7.11 Å². The number of rotatable bonds is 3. The highest BCUT2D eigenvalue weighted by atomic mass is 16.5. The van der Waals surface area contributed by atoms with Gasteiger partial charge in [-0.25, -0.2) is 0 Å². The Hall–Kier alpha value is -1.84. The molecule has 0 aliphatic heterocycles. The van der Waals surface area contributed by atoms with Gasteiger partial charge in [-0.1, -0.05) is 17.3 Å². The van der Waals surface area contributed by atoms with Gasteiger partial charge in [0, 0.05) is 6.42 Å². The van der Waals surface area contributed by atoms with Gasteiger partial charge in [0.05, 0.1) is 7.11 Å². The standard InChI is InChI=1S/C10H10N2O2/c1-13-9-4-2-3-8(5-9)6-10-11-7-14-12-10/h2-5,7H,6H2,1H3. The van der Waals surface area contributed by atoms with Crippen molar-refractivity contribution in [2.24, 2.45) is 0 Å². The number of aromatic nitrogens is 2. The number of hydrogen-bond donors (Lipinski definition) is 0. The summed E-state index contributed by atoms with van der Waals surface area (Å²) in [5.41, 5.74) is 1.10. The molecular weight excluding hydrogens is 180 g/mol. The molecule has 0 amide bonds. The van der Waals surface area contributed by atoms with Crippen LogP contribution in [0.5, 0.6) is 5.75 Å². The van der Waals surface area contributed by atoms with E-state index < -0.39 is 0 Å². The second kappa shape index (κ2) is 3.91. The second-order valence-corrected chi connectivity index (χ2v) is 2.88. The first kappa shape index (κ1) is 8.74. The summed E-state index contributed by atoms with van der Waals surface area (Å²) in [5.74, 6) is 1.52. The normalized spacial score (nSPS) is 10.1. The maximum absolute atomic E-state index is 5.11. The van der Waals surface area contributed by atoms with E-state index in [1.165, 1.54) is 6.39 Å². The van der Waals surface area contributed by atoms with Gasteiger partial charge in [0.25, 0.3) is 0 Å². The highest BCUT2D eigenvalue weighted by Crippen LogP contribution is 2.14. The lowest BCUT2D eigenvalue weighted by molar-refractivity contribution is 0.410. The molecule has 0 saturated carbocycles. The number of ether oxygens (including phenoxy) is 1. The van der Waals surface area contributed by atoms with E-state index >= 15 is 0 Å². The summed E-state index contributed by atoms with van der Waals surface area (Å²) >= 11 is 0. The summed E-state index contributed by atoms with van der Waals surface area (Å²) in [6.07, 6.45) is 1.99. The van der Waals surface area contributed by atoms with Crippen LogP contribution in [0.1, 0.15) is 11.4 Å². The molecule has 0 spiro atoms. The van der Waals surface area contributed by atoms with E-state index in [9.17, 15) is 0 Å². The van der Waals surface area contributed by atoms with Crippen LogP contribution in [-0.2, 0) is 6.42 Å². The fourth-order valence-corrected chi connectivity index (χ4v) is 1.24. The molecule has 4 nitrogen and oxygen atoms in total. The average molecular weight is 190 g/mol. The molecule has 2 aromatic rings. The van der Waals surface area contributed by atoms with Crippen LogP contribution >= 0.6 is 0 Å². The van der Waals surface area contributed by atoms with Crippen molar-refractivity contribution in [3.05, 3.63) is 42.0 Å². The molecule has 0 aliphatic carbocycles. The number of benzene rings is 1. The Kier molecular flexibility index (Phi) is 2.44. The molecule has 0 atom stereocenters. The molecule has 14 heavy (non-hydrogen) atoms. The van der Waals surface area contributed by atoms with E-state index in [1.807, 2.05) is 24.3 Å². The summed E-state index contributed by atoms with van der Waals surface area (Å²) in [4.78, 5) is 3.95. The number of nitrogens with zero attached hydrogens (tertiary/aromatic N) is 2. The third-order valence-electron chi connectivity index (χ3n) is 1.90. The molecule has 72 valence electrons. The zero-order chi connectivity index (χ0) is 9.80. The SMILES string of the molecule is COc1cccc(Cc2ncon2)c1. The Bertz CT molecular complexity index is 398. The molecule has 1 aromatic heterocycles. The first-order chi connectivity index (χ1) is 6.88. The Morgan fingerprint density at radius 2 is 2.36 bits per heavy atom. The van der Waals surface area contributed by atoms with Crippen LogP contribution in [0, 0.1) is 0 Å². The predicted molar refractivity (Wildman–Crippen MR) is 50.1 cm³/mol. The van der Waals surface area contributed by atoms with Gasteiger partial charge in [-0.2, -0.15) is 4.98 Å². The predicted octanol–water partition coefficient (Wildman–Crippen LogP) is 1.67. The van der Waals surface area contributed by atoms with E-state index in [4.69, 9.17) is 4.74 Å². The van der Waals surface area contributed by atoms with Crippen LogP contribution in [0.3, 0.4) is 0 Å². The maximum atomic E-state index is 5.11. The van der Waals surface area contributed by atoms with Crippen molar-refractivity contribution < 1.29 is 9.26 Å². The Morgan fingerprint density at radius 1 is 1.43 bits per heavy atom. The highest BCUT2D eigenvalue weighted by Gasteiger charge is 2.01. The molecule has 0 bridgehead atoms. The molecule has 1 heterocycles. The molecule has 0 radical (unpaired) electrons. The largest absolute Gasteiger partial charge is 0.497 e. The summed E-state index contributed by atoms with van der Waals surface area (Å²) in [6.45, 7) is 0. The highest BCUT2D eigenvalue weighted by molar-refractivity contribution is 5.29. The molecule has 0 aliphatic rings. The first-order valence-electron chi connectivity index (χ1n) is 4.26. The lowest BCUT2D eigenvalue weighted by Gasteiger charge is -2.01. The fraction of sp³-hybridized carbons (Fsp3) is 0.200. The van der Waals surface area contributed by atoms with Crippen LogP contribution < -0.4 is 4.74 Å². The maximum Gasteiger partial charge on any atom is 0.213 e. The van der Waals surface area contributed by atoms with Gasteiger partial charge >= 0.3 is 0 Å². The topological polar surface area (TPSA) is 48.2 Å². The molecule has 2 rings (SSSR count). The summed E-state index contributed by atoms with van der Waals surface area (Å²) in [7, 11) is 1.65. The van der Waals surface area contributed by atoms with Gasteiger partial charge in [-0.3, -0.25) is 0 Å². The molecule has 4 heteroatoms. The zero-order valence-electron chi connectivity index (χ0n) is 7.80. The monoisotopic (exact) mass is 190 g/mol. The average Bonchev–Trinajstić information content (AvgIpc) is 2.71. The molecular formula is C10H10N2O2. The van der Waals surface area contributed by atoms with Gasteiger partial charge in [-0.15, -0.1) is 0 Å². The minimum atomic E-state index is 0.660. The molecule has 0 unspecified atom stereocenters. The van der Waals surface area contributed by atoms with Crippen LogP contribution in [0.2, 0.25) is 0 Å². The molecule has 0 saturated heterocycles. The Labute approximate surface area is 81.5 Å². The lowest BCUT2D eigenvalue weighted by Crippen LogP contribution is -1.91. The van der Waals surface area contributed by atoms with Crippen molar-refractivity contribution in [3.63, 3.8) is 0 Å². The van der Waals surface area contributed by atoms with Crippen molar-refractivity contribution >= 4 is 0 Å². The van der Waals surface area contributed by atoms with Crippen LogP contribution in [-0.4, -0.2) is 17.3 Å². The third-order valence-corrected chi connectivity index (χ3v) is 1.90. The molecule has 1 aromatic carbocycles. The Balaban J connectivity index is 2.17. The van der Waals surface area contributed by atoms with Crippen molar-refractivity contribution in [3.8, 4) is 5.75 Å². The first-order valence-corrected chi connectivity index (χ1v) is 4.26. The number of methoxy groups -OCH3 is 1. The number of hydrogen-bond acceptors (Lipinski definition) is 4. The van der Waals surface area contributed by atoms with Crippen molar-refractivity contribution in [2.75, 3.05) is 7.11 Å². The fourth-order valence-electron chi connectivity index (χ4n) is 1.24. The third kappa shape index (κ3) is 1.90. The minimum Gasteiger partial charge on any atom is -0.497 e. The Morgan fingerprint density at radius 3 is 3.07 bits per heavy atom. The van der Waals surface area contributed by atoms with Crippen molar-refractivity contribution in [2.45, 2.75) is 6.42 Å². The molecule has 0 N–H and O–H groups in total. The quantitative estimate of drug-likeness (QED) is 0.738. The minimum absolute atomic E-state index is 0.660. The zero-order valence-corrected chi connectivity index (χ0v) is 7.80. The molecule has 0 fully saturated rings. The second-order valence-electron chi connectivity index (χ2n) is 2.88. The smallest absolute Gasteiger partial charge is 0.213 e. The van der Waals surface area contributed by atoms with Crippen LogP contribution in [0.25, 0.3) is 0 Å². The van der Waals surface area contributed by atoms with E-state index in [0.29, 0.717) is 12.2 Å². The summed E-state index contributed by atoms with van der Waals surface area (Å²) in [6, 6.07) is 7.79. The van der Waals surface area contributed by atoms with E-state index in [2.05, 4.69) is 14.7 Å². The van der Waals surface area contributed by atoms with Gasteiger partial charge < -0.3 is 9.26 Å².